The van der Waals surface area contributed by atoms with E-state index in [0.29, 0.717) is 0 Å². The fraction of sp³-hybridized carbons (Fsp3) is 0.429. The Morgan fingerprint density at radius 3 is 3.00 bits per heavy atom. The molecule has 2 heterocycles. The van der Waals surface area contributed by atoms with Gasteiger partial charge in [0.05, 0.1) is 11.9 Å². The van der Waals surface area contributed by atoms with Gasteiger partial charge in [-0.05, 0) is 17.7 Å². The third-order valence-electron chi connectivity index (χ3n) is 3.76. The third kappa shape index (κ3) is 3.58. The van der Waals surface area contributed by atoms with E-state index in [1.165, 1.54) is 6.07 Å². The first-order valence-corrected chi connectivity index (χ1v) is 6.78. The van der Waals surface area contributed by atoms with Crippen LogP contribution >= 0.6 is 12.4 Å². The number of rotatable bonds is 3. The first kappa shape index (κ1) is 15.9. The molecule has 1 aromatic carbocycles. The predicted octanol–water partition coefficient (Wildman–Crippen LogP) is 1.52. The largest absolute Gasteiger partial charge is 0.314 e. The maximum atomic E-state index is 13.4. The fourth-order valence-corrected chi connectivity index (χ4v) is 2.64. The lowest BCUT2D eigenvalue weighted by molar-refractivity contribution is 0.150. The Morgan fingerprint density at radius 1 is 1.43 bits per heavy atom. The van der Waals surface area contributed by atoms with Crippen molar-refractivity contribution < 1.29 is 4.39 Å². The predicted molar refractivity (Wildman–Crippen MR) is 80.7 cm³/mol. The minimum atomic E-state index is -0.185. The van der Waals surface area contributed by atoms with Gasteiger partial charge in [0.1, 0.15) is 5.82 Å². The van der Waals surface area contributed by atoms with Gasteiger partial charge in [-0.3, -0.25) is 9.58 Å². The molecule has 0 saturated carbocycles. The number of aromatic nitrogens is 3. The van der Waals surface area contributed by atoms with Crippen LogP contribution in [0.25, 0.3) is 0 Å². The summed E-state index contributed by atoms with van der Waals surface area (Å²) >= 11 is 0. The summed E-state index contributed by atoms with van der Waals surface area (Å²) in [6.07, 6.45) is 1.78. The smallest absolute Gasteiger partial charge is 0.123 e. The topological polar surface area (TPSA) is 46.0 Å². The molecule has 114 valence electrons. The van der Waals surface area contributed by atoms with E-state index in [2.05, 4.69) is 20.5 Å². The summed E-state index contributed by atoms with van der Waals surface area (Å²) in [7, 11) is 1.89. The number of halogens is 2. The monoisotopic (exact) mass is 311 g/mol. The molecule has 1 aromatic heterocycles. The standard InChI is InChI=1S/C14H18FN5.ClH/c1-19-13(8-17-18-19)10-20-6-5-16-9-14(20)11-3-2-4-12(15)7-11;/h2-4,7-8,14,16H,5-6,9-10H2,1H3;1H. The van der Waals surface area contributed by atoms with Crippen LogP contribution in [0.5, 0.6) is 0 Å². The molecule has 1 unspecified atom stereocenters. The van der Waals surface area contributed by atoms with Gasteiger partial charge < -0.3 is 5.32 Å². The molecule has 2 aromatic rings. The number of hydrogen-bond donors (Lipinski definition) is 1. The summed E-state index contributed by atoms with van der Waals surface area (Å²) in [4.78, 5) is 2.34. The minimum Gasteiger partial charge on any atom is -0.314 e. The van der Waals surface area contributed by atoms with E-state index < -0.39 is 0 Å². The van der Waals surface area contributed by atoms with Crippen molar-refractivity contribution in [1.82, 2.24) is 25.2 Å². The molecule has 0 amide bonds. The number of piperazine rings is 1. The van der Waals surface area contributed by atoms with E-state index in [9.17, 15) is 4.39 Å². The van der Waals surface area contributed by atoms with Crippen LogP contribution in [0.15, 0.2) is 30.5 Å². The summed E-state index contributed by atoms with van der Waals surface area (Å²) < 4.78 is 15.2. The van der Waals surface area contributed by atoms with E-state index in [1.54, 1.807) is 23.0 Å². The first-order valence-electron chi connectivity index (χ1n) is 6.78. The molecule has 1 N–H and O–H groups in total. The molecule has 21 heavy (non-hydrogen) atoms. The van der Waals surface area contributed by atoms with E-state index in [1.807, 2.05) is 13.1 Å². The van der Waals surface area contributed by atoms with Crippen LogP contribution in [0.2, 0.25) is 0 Å². The first-order chi connectivity index (χ1) is 9.74. The van der Waals surface area contributed by atoms with Crippen molar-refractivity contribution in [1.29, 1.82) is 0 Å². The number of nitrogens with one attached hydrogen (secondary N) is 1. The maximum absolute atomic E-state index is 13.4. The highest BCUT2D eigenvalue weighted by Crippen LogP contribution is 2.24. The van der Waals surface area contributed by atoms with Crippen molar-refractivity contribution in [2.24, 2.45) is 7.05 Å². The molecular formula is C14H19ClFN5. The molecule has 1 aliphatic heterocycles. The van der Waals surface area contributed by atoms with E-state index >= 15 is 0 Å². The Kier molecular flexibility index (Phi) is 5.27. The number of hydrogen-bond acceptors (Lipinski definition) is 4. The van der Waals surface area contributed by atoms with Gasteiger partial charge in [-0.15, -0.1) is 17.5 Å². The van der Waals surface area contributed by atoms with Gasteiger partial charge in [-0.1, -0.05) is 17.3 Å². The van der Waals surface area contributed by atoms with Crippen LogP contribution in [0.1, 0.15) is 17.3 Å². The molecule has 5 nitrogen and oxygen atoms in total. The minimum absolute atomic E-state index is 0. The lowest BCUT2D eigenvalue weighted by atomic mass is 10.0. The van der Waals surface area contributed by atoms with Gasteiger partial charge >= 0.3 is 0 Å². The van der Waals surface area contributed by atoms with Crippen LogP contribution in [-0.4, -0.2) is 39.5 Å². The Morgan fingerprint density at radius 2 is 2.29 bits per heavy atom. The van der Waals surface area contributed by atoms with E-state index in [4.69, 9.17) is 0 Å². The fourth-order valence-electron chi connectivity index (χ4n) is 2.64. The van der Waals surface area contributed by atoms with Crippen molar-refractivity contribution in [3.63, 3.8) is 0 Å². The molecule has 1 aliphatic rings. The zero-order valence-electron chi connectivity index (χ0n) is 11.9. The van der Waals surface area contributed by atoms with Gasteiger partial charge in [0.15, 0.2) is 0 Å². The third-order valence-corrected chi connectivity index (χ3v) is 3.76. The van der Waals surface area contributed by atoms with Crippen molar-refractivity contribution in [2.45, 2.75) is 12.6 Å². The highest BCUT2D eigenvalue weighted by molar-refractivity contribution is 5.85. The quantitative estimate of drug-likeness (QED) is 0.933. The lowest BCUT2D eigenvalue weighted by Gasteiger charge is -2.36. The van der Waals surface area contributed by atoms with E-state index in [0.717, 1.165) is 37.4 Å². The normalized spacial score (nSPS) is 19.2. The average Bonchev–Trinajstić information content (AvgIpc) is 2.85. The zero-order valence-corrected chi connectivity index (χ0v) is 12.7. The van der Waals surface area contributed by atoms with Crippen molar-refractivity contribution >= 4 is 12.4 Å². The van der Waals surface area contributed by atoms with E-state index in [-0.39, 0.29) is 24.3 Å². The SMILES string of the molecule is Cl.Cn1nncc1CN1CCNCC1c1cccc(F)c1. The Balaban J connectivity index is 0.00000161. The summed E-state index contributed by atoms with van der Waals surface area (Å²) in [6.45, 7) is 3.46. The molecule has 1 saturated heterocycles. The highest BCUT2D eigenvalue weighted by atomic mass is 35.5. The summed E-state index contributed by atoms with van der Waals surface area (Å²) in [5.41, 5.74) is 2.07. The molecule has 1 atom stereocenters. The molecular weight excluding hydrogens is 293 g/mol. The second-order valence-electron chi connectivity index (χ2n) is 5.09. The second kappa shape index (κ2) is 6.98. The van der Waals surface area contributed by atoms with Gasteiger partial charge in [0.2, 0.25) is 0 Å². The van der Waals surface area contributed by atoms with Crippen molar-refractivity contribution in [2.75, 3.05) is 19.6 Å². The van der Waals surface area contributed by atoms with Gasteiger partial charge in [0, 0.05) is 39.3 Å². The summed E-state index contributed by atoms with van der Waals surface area (Å²) in [6, 6.07) is 7.02. The molecule has 0 spiro atoms. The van der Waals surface area contributed by atoms with Crippen LogP contribution in [0.3, 0.4) is 0 Å². The van der Waals surface area contributed by atoms with Gasteiger partial charge in [-0.25, -0.2) is 4.39 Å². The molecule has 1 fully saturated rings. The highest BCUT2D eigenvalue weighted by Gasteiger charge is 2.24. The zero-order chi connectivity index (χ0) is 13.9. The maximum Gasteiger partial charge on any atom is 0.123 e. The van der Waals surface area contributed by atoms with Crippen molar-refractivity contribution in [3.05, 3.63) is 47.5 Å². The van der Waals surface area contributed by atoms with Crippen molar-refractivity contribution in [3.8, 4) is 0 Å². The molecule has 3 rings (SSSR count). The van der Waals surface area contributed by atoms with Crippen LogP contribution in [-0.2, 0) is 13.6 Å². The lowest BCUT2D eigenvalue weighted by Crippen LogP contribution is -2.45. The Bertz CT molecular complexity index is 588. The Labute approximate surface area is 129 Å². The van der Waals surface area contributed by atoms with Crippen LogP contribution < -0.4 is 5.32 Å². The second-order valence-corrected chi connectivity index (χ2v) is 5.09. The molecule has 0 aliphatic carbocycles. The molecule has 7 heteroatoms. The molecule has 0 radical (unpaired) electrons. The number of benzene rings is 1. The van der Waals surface area contributed by atoms with Gasteiger partial charge in [0.25, 0.3) is 0 Å². The Hall–Kier alpha value is -1.50. The summed E-state index contributed by atoms with van der Waals surface area (Å²) in [5, 5.41) is 11.2. The number of nitrogens with zero attached hydrogens (tertiary/aromatic N) is 4. The number of aryl methyl sites for hydroxylation is 1. The van der Waals surface area contributed by atoms with Crippen LogP contribution in [0.4, 0.5) is 4.39 Å². The van der Waals surface area contributed by atoms with Crippen LogP contribution in [0, 0.1) is 5.82 Å². The average molecular weight is 312 g/mol. The molecule has 0 bridgehead atoms. The summed E-state index contributed by atoms with van der Waals surface area (Å²) in [5.74, 6) is -0.185. The van der Waals surface area contributed by atoms with Gasteiger partial charge in [-0.2, -0.15) is 0 Å².